The molecular weight excluding hydrogens is 228 g/mol. The molecule has 4 heteroatoms. The van der Waals surface area contributed by atoms with Gasteiger partial charge in [-0.05, 0) is 45.6 Å². The van der Waals surface area contributed by atoms with Gasteiger partial charge in [0.1, 0.15) is 6.61 Å². The molecule has 18 heavy (non-hydrogen) atoms. The minimum absolute atomic E-state index is 0.0868. The Labute approximate surface area is 111 Å². The molecule has 0 aromatic carbocycles. The number of amides is 1. The van der Waals surface area contributed by atoms with Gasteiger partial charge in [-0.3, -0.25) is 4.79 Å². The van der Waals surface area contributed by atoms with Crippen LogP contribution in [-0.4, -0.2) is 49.7 Å². The van der Waals surface area contributed by atoms with Gasteiger partial charge in [0.15, 0.2) is 0 Å². The molecule has 1 fully saturated rings. The Kier molecular flexibility index (Phi) is 7.28. The predicted octanol–water partition coefficient (Wildman–Crippen LogP) is 1.79. The number of nitrogens with one attached hydrogen (secondary N) is 1. The molecule has 0 saturated heterocycles. The minimum Gasteiger partial charge on any atom is -0.368 e. The highest BCUT2D eigenvalue weighted by molar-refractivity contribution is 5.77. The first-order valence-corrected chi connectivity index (χ1v) is 7.26. The summed E-state index contributed by atoms with van der Waals surface area (Å²) in [6.45, 7) is 6.26. The topological polar surface area (TPSA) is 41.6 Å². The minimum atomic E-state index is 0.0868. The maximum Gasteiger partial charge on any atom is 0.248 e. The van der Waals surface area contributed by atoms with Crippen LogP contribution in [0.5, 0.6) is 0 Å². The van der Waals surface area contributed by atoms with Crippen molar-refractivity contribution in [1.82, 2.24) is 10.2 Å². The van der Waals surface area contributed by atoms with Crippen molar-refractivity contribution in [2.45, 2.75) is 58.1 Å². The van der Waals surface area contributed by atoms with E-state index in [9.17, 15) is 4.79 Å². The van der Waals surface area contributed by atoms with Crippen molar-refractivity contribution in [3.05, 3.63) is 0 Å². The maximum atomic E-state index is 11.6. The quantitative estimate of drug-likeness (QED) is 0.755. The zero-order chi connectivity index (χ0) is 13.4. The molecule has 106 valence electrons. The third-order valence-corrected chi connectivity index (χ3v) is 3.70. The first-order chi connectivity index (χ1) is 8.67. The van der Waals surface area contributed by atoms with Gasteiger partial charge in [-0.25, -0.2) is 0 Å². The van der Waals surface area contributed by atoms with Crippen LogP contribution >= 0.6 is 0 Å². The highest BCUT2D eigenvalue weighted by Crippen LogP contribution is 2.21. The maximum absolute atomic E-state index is 11.6. The highest BCUT2D eigenvalue weighted by atomic mass is 16.5. The number of hydrogen-bond donors (Lipinski definition) is 1. The second-order valence-corrected chi connectivity index (χ2v) is 5.15. The normalized spacial score (nSPS) is 23.9. The predicted molar refractivity (Wildman–Crippen MR) is 73.6 cm³/mol. The summed E-state index contributed by atoms with van der Waals surface area (Å²) in [5.41, 5.74) is 0. The first-order valence-electron chi connectivity index (χ1n) is 7.26. The number of nitrogens with zero attached hydrogens (tertiary/aromatic N) is 1. The summed E-state index contributed by atoms with van der Waals surface area (Å²) in [7, 11) is 1.82. The lowest BCUT2D eigenvalue weighted by molar-refractivity contribution is -0.137. The third kappa shape index (κ3) is 5.36. The molecule has 1 aliphatic carbocycles. The summed E-state index contributed by atoms with van der Waals surface area (Å²) in [6.07, 6.45) is 5.95. The van der Waals surface area contributed by atoms with Crippen molar-refractivity contribution in [3.63, 3.8) is 0 Å². The summed E-state index contributed by atoms with van der Waals surface area (Å²) >= 11 is 0. The molecule has 4 nitrogen and oxygen atoms in total. The zero-order valence-electron chi connectivity index (χ0n) is 12.1. The van der Waals surface area contributed by atoms with E-state index >= 15 is 0 Å². The second-order valence-electron chi connectivity index (χ2n) is 5.15. The van der Waals surface area contributed by atoms with E-state index in [0.717, 1.165) is 25.9 Å². The van der Waals surface area contributed by atoms with E-state index in [4.69, 9.17) is 4.74 Å². The van der Waals surface area contributed by atoms with Crippen LogP contribution in [0.15, 0.2) is 0 Å². The lowest BCUT2D eigenvalue weighted by atomic mass is 9.93. The molecule has 0 atom stereocenters. The van der Waals surface area contributed by atoms with E-state index in [0.29, 0.717) is 6.04 Å². The van der Waals surface area contributed by atoms with Crippen LogP contribution in [0, 0.1) is 0 Å². The van der Waals surface area contributed by atoms with Crippen LogP contribution in [0.2, 0.25) is 0 Å². The fourth-order valence-electron chi connectivity index (χ4n) is 2.26. The molecule has 1 aliphatic rings. The van der Waals surface area contributed by atoms with Gasteiger partial charge in [-0.15, -0.1) is 0 Å². The van der Waals surface area contributed by atoms with E-state index in [1.807, 2.05) is 14.0 Å². The smallest absolute Gasteiger partial charge is 0.248 e. The molecule has 1 amide bonds. The summed E-state index contributed by atoms with van der Waals surface area (Å²) in [5.74, 6) is 0.0868. The van der Waals surface area contributed by atoms with Gasteiger partial charge >= 0.3 is 0 Å². The standard InChI is InChI=1S/C14H28N2O2/c1-4-10-15-12-6-8-13(9-7-12)18-11-14(17)16(3)5-2/h12-13,15H,4-11H2,1-3H3. The summed E-state index contributed by atoms with van der Waals surface area (Å²) < 4.78 is 5.70. The van der Waals surface area contributed by atoms with Crippen molar-refractivity contribution >= 4 is 5.91 Å². The molecule has 0 bridgehead atoms. The molecule has 1 saturated carbocycles. The number of carbonyl (C=O) groups excluding carboxylic acids is 1. The van der Waals surface area contributed by atoms with Crippen LogP contribution in [0.4, 0.5) is 0 Å². The molecular formula is C14H28N2O2. The van der Waals surface area contributed by atoms with Gasteiger partial charge in [-0.2, -0.15) is 0 Å². The van der Waals surface area contributed by atoms with E-state index in [1.54, 1.807) is 4.90 Å². The van der Waals surface area contributed by atoms with Crippen LogP contribution in [-0.2, 0) is 9.53 Å². The Morgan fingerprint density at radius 1 is 1.28 bits per heavy atom. The summed E-state index contributed by atoms with van der Waals surface area (Å²) in [5, 5.41) is 3.55. The number of rotatable bonds is 7. The lowest BCUT2D eigenvalue weighted by Gasteiger charge is -2.29. The molecule has 0 radical (unpaired) electrons. The SMILES string of the molecule is CCCNC1CCC(OCC(=O)N(C)CC)CC1. The second kappa shape index (κ2) is 8.48. The molecule has 0 heterocycles. The van der Waals surface area contributed by atoms with Crippen molar-refractivity contribution in [1.29, 1.82) is 0 Å². The van der Waals surface area contributed by atoms with E-state index in [1.165, 1.54) is 19.3 Å². The molecule has 0 aliphatic heterocycles. The van der Waals surface area contributed by atoms with Crippen LogP contribution in [0.3, 0.4) is 0 Å². The van der Waals surface area contributed by atoms with E-state index in [-0.39, 0.29) is 18.6 Å². The average molecular weight is 256 g/mol. The van der Waals surface area contributed by atoms with Gasteiger partial charge in [0, 0.05) is 19.6 Å². The van der Waals surface area contributed by atoms with Gasteiger partial charge < -0.3 is 15.0 Å². The van der Waals surface area contributed by atoms with Crippen molar-refractivity contribution < 1.29 is 9.53 Å². The Morgan fingerprint density at radius 3 is 2.50 bits per heavy atom. The fourth-order valence-corrected chi connectivity index (χ4v) is 2.26. The fraction of sp³-hybridized carbons (Fsp3) is 0.929. The number of carbonyl (C=O) groups is 1. The van der Waals surface area contributed by atoms with Crippen molar-refractivity contribution in [2.24, 2.45) is 0 Å². The monoisotopic (exact) mass is 256 g/mol. The molecule has 0 unspecified atom stereocenters. The van der Waals surface area contributed by atoms with Gasteiger partial charge in [0.2, 0.25) is 5.91 Å². The van der Waals surface area contributed by atoms with Crippen LogP contribution in [0.1, 0.15) is 46.0 Å². The third-order valence-electron chi connectivity index (χ3n) is 3.70. The van der Waals surface area contributed by atoms with Gasteiger partial charge in [0.05, 0.1) is 6.10 Å². The number of likely N-dealkylation sites (N-methyl/N-ethyl adjacent to an activating group) is 1. The number of hydrogen-bond acceptors (Lipinski definition) is 3. The summed E-state index contributed by atoms with van der Waals surface area (Å²) in [4.78, 5) is 13.3. The molecule has 0 aromatic heterocycles. The van der Waals surface area contributed by atoms with Crippen LogP contribution < -0.4 is 5.32 Å². The van der Waals surface area contributed by atoms with E-state index in [2.05, 4.69) is 12.2 Å². The highest BCUT2D eigenvalue weighted by Gasteiger charge is 2.22. The first kappa shape index (κ1) is 15.4. The Hall–Kier alpha value is -0.610. The largest absolute Gasteiger partial charge is 0.368 e. The Morgan fingerprint density at radius 2 is 1.94 bits per heavy atom. The van der Waals surface area contributed by atoms with Crippen molar-refractivity contribution in [2.75, 3.05) is 26.7 Å². The van der Waals surface area contributed by atoms with Crippen molar-refractivity contribution in [3.8, 4) is 0 Å². The van der Waals surface area contributed by atoms with Gasteiger partial charge in [0.25, 0.3) is 0 Å². The zero-order valence-corrected chi connectivity index (χ0v) is 12.1. The average Bonchev–Trinajstić information content (AvgIpc) is 2.42. The van der Waals surface area contributed by atoms with Crippen LogP contribution in [0.25, 0.3) is 0 Å². The van der Waals surface area contributed by atoms with Gasteiger partial charge in [-0.1, -0.05) is 6.92 Å². The van der Waals surface area contributed by atoms with E-state index < -0.39 is 0 Å². The molecule has 0 spiro atoms. The molecule has 1 N–H and O–H groups in total. The number of ether oxygens (including phenoxy) is 1. The lowest BCUT2D eigenvalue weighted by Crippen LogP contribution is -2.37. The summed E-state index contributed by atoms with van der Waals surface area (Å²) in [6, 6.07) is 0.652. The molecule has 1 rings (SSSR count). The molecule has 0 aromatic rings. The Balaban J connectivity index is 2.14. The Bertz CT molecular complexity index is 238.